The lowest BCUT2D eigenvalue weighted by Crippen LogP contribution is -2.21. The summed E-state index contributed by atoms with van der Waals surface area (Å²) in [6, 6.07) is 9.01. The number of carbonyl (C=O) groups excluding carboxylic acids is 1. The average molecular weight is 406 g/mol. The molecule has 0 aliphatic rings. The van der Waals surface area contributed by atoms with Gasteiger partial charge in [0.15, 0.2) is 0 Å². The summed E-state index contributed by atoms with van der Waals surface area (Å²) >= 11 is 0. The van der Waals surface area contributed by atoms with Crippen LogP contribution in [0.15, 0.2) is 36.5 Å². The van der Waals surface area contributed by atoms with Gasteiger partial charge >= 0.3 is 12.1 Å². The molecule has 0 unspecified atom stereocenters. The van der Waals surface area contributed by atoms with Gasteiger partial charge in [-0.2, -0.15) is 13.2 Å². The van der Waals surface area contributed by atoms with E-state index in [4.69, 9.17) is 9.90 Å². The van der Waals surface area contributed by atoms with Crippen LogP contribution in [0.4, 0.5) is 18.9 Å². The normalized spacial score (nSPS) is 10.8. The minimum atomic E-state index is -5.08. The third kappa shape index (κ3) is 5.96. The van der Waals surface area contributed by atoms with Gasteiger partial charge in [-0.1, -0.05) is 0 Å². The predicted molar refractivity (Wildman–Crippen MR) is 99.6 cm³/mol. The Bertz CT molecular complexity index is 1050. The fraction of sp³-hybridized carbons (Fsp3) is 0.211. The van der Waals surface area contributed by atoms with Gasteiger partial charge in [0.2, 0.25) is 0 Å². The number of carbonyl (C=O) groups is 2. The summed E-state index contributed by atoms with van der Waals surface area (Å²) in [5.41, 5.74) is 5.40. The number of aliphatic carboxylic acids is 1. The fourth-order valence-electron chi connectivity index (χ4n) is 2.12. The Balaban J connectivity index is 0.000000370. The van der Waals surface area contributed by atoms with Crippen LogP contribution in [0, 0.1) is 20.8 Å². The van der Waals surface area contributed by atoms with Gasteiger partial charge in [0, 0.05) is 11.3 Å². The van der Waals surface area contributed by atoms with Gasteiger partial charge < -0.3 is 10.4 Å². The van der Waals surface area contributed by atoms with Crippen molar-refractivity contribution in [1.82, 2.24) is 15.0 Å². The van der Waals surface area contributed by atoms with E-state index in [0.29, 0.717) is 11.3 Å². The van der Waals surface area contributed by atoms with Gasteiger partial charge in [-0.05, 0) is 51.1 Å². The summed E-state index contributed by atoms with van der Waals surface area (Å²) in [5, 5.41) is 9.95. The van der Waals surface area contributed by atoms with Crippen LogP contribution in [0.5, 0.6) is 0 Å². The van der Waals surface area contributed by atoms with Crippen molar-refractivity contribution >= 4 is 28.6 Å². The Labute approximate surface area is 163 Å². The number of halogens is 3. The van der Waals surface area contributed by atoms with Gasteiger partial charge in [-0.15, -0.1) is 0 Å². The van der Waals surface area contributed by atoms with E-state index >= 15 is 0 Å². The molecule has 2 N–H and O–H groups in total. The number of rotatable bonds is 2. The first-order valence-electron chi connectivity index (χ1n) is 8.26. The number of carboxylic acids is 1. The zero-order valence-corrected chi connectivity index (χ0v) is 15.7. The average Bonchev–Trinajstić information content (AvgIpc) is 2.64. The van der Waals surface area contributed by atoms with Crippen molar-refractivity contribution in [2.45, 2.75) is 26.9 Å². The summed E-state index contributed by atoms with van der Waals surface area (Å²) in [6.07, 6.45) is -3.44. The highest BCUT2D eigenvalue weighted by molar-refractivity contribution is 6.05. The zero-order valence-electron chi connectivity index (χ0n) is 15.7. The van der Waals surface area contributed by atoms with E-state index in [1.807, 2.05) is 39.0 Å². The molecule has 0 aliphatic heterocycles. The molecule has 1 amide bonds. The maximum atomic E-state index is 12.3. The lowest BCUT2D eigenvalue weighted by Gasteiger charge is -2.07. The molecule has 2 heterocycles. The highest BCUT2D eigenvalue weighted by atomic mass is 19.4. The van der Waals surface area contributed by atoms with Gasteiger partial charge in [-0.3, -0.25) is 9.78 Å². The molecule has 0 spiro atoms. The number of nitrogens with zero attached hydrogens (tertiary/aromatic N) is 3. The van der Waals surface area contributed by atoms with Gasteiger partial charge in [0.1, 0.15) is 0 Å². The number of hydrogen-bond acceptors (Lipinski definition) is 5. The van der Waals surface area contributed by atoms with Crippen LogP contribution in [0.25, 0.3) is 11.0 Å². The zero-order chi connectivity index (χ0) is 21.8. The summed E-state index contributed by atoms with van der Waals surface area (Å²) in [6.45, 7) is 5.73. The molecule has 0 radical (unpaired) electrons. The molecule has 0 aliphatic carbocycles. The quantitative estimate of drug-likeness (QED) is 0.670. The van der Waals surface area contributed by atoms with E-state index in [1.54, 1.807) is 18.3 Å². The first-order valence-corrected chi connectivity index (χ1v) is 8.26. The molecule has 1 aromatic carbocycles. The number of aromatic nitrogens is 3. The van der Waals surface area contributed by atoms with Crippen molar-refractivity contribution in [2.75, 3.05) is 5.32 Å². The highest BCUT2D eigenvalue weighted by Gasteiger charge is 2.38. The number of anilines is 1. The van der Waals surface area contributed by atoms with Gasteiger partial charge in [-0.25, -0.2) is 14.8 Å². The van der Waals surface area contributed by atoms with E-state index in [-0.39, 0.29) is 5.91 Å². The van der Waals surface area contributed by atoms with Crippen LogP contribution in [0.2, 0.25) is 0 Å². The molecule has 0 saturated carbocycles. The standard InChI is InChI=1S/C17H16N4O.C2HF3O2/c1-10-4-6-14(9-18-10)21-17(22)13-5-7-15-16(8-13)20-12(3)11(2)19-15;3-2(4,5)1(6)7/h4-9H,1-3H3,(H,21,22);(H,6,7). The number of carboxylic acid groups (broad SMARTS) is 1. The molecule has 29 heavy (non-hydrogen) atoms. The van der Waals surface area contributed by atoms with Crippen molar-refractivity contribution in [1.29, 1.82) is 0 Å². The summed E-state index contributed by atoms with van der Waals surface area (Å²) < 4.78 is 31.7. The van der Waals surface area contributed by atoms with Crippen molar-refractivity contribution in [3.63, 3.8) is 0 Å². The van der Waals surface area contributed by atoms with Crippen molar-refractivity contribution in [2.24, 2.45) is 0 Å². The molecule has 0 saturated heterocycles. The topological polar surface area (TPSA) is 105 Å². The van der Waals surface area contributed by atoms with E-state index in [2.05, 4.69) is 20.3 Å². The molecule has 152 valence electrons. The first kappa shape index (κ1) is 21.7. The third-order valence-electron chi connectivity index (χ3n) is 3.75. The highest BCUT2D eigenvalue weighted by Crippen LogP contribution is 2.16. The molecule has 0 atom stereocenters. The SMILES string of the molecule is Cc1ccc(NC(=O)c2ccc3nc(C)c(C)nc3c2)cn1.O=C(O)C(F)(F)F. The number of fused-ring (bicyclic) bond motifs is 1. The van der Waals surface area contributed by atoms with E-state index in [1.165, 1.54) is 0 Å². The van der Waals surface area contributed by atoms with E-state index in [9.17, 15) is 18.0 Å². The number of amides is 1. The Hall–Kier alpha value is -3.56. The van der Waals surface area contributed by atoms with E-state index < -0.39 is 12.1 Å². The minimum absolute atomic E-state index is 0.187. The number of benzene rings is 1. The number of pyridine rings is 1. The van der Waals surface area contributed by atoms with Crippen molar-refractivity contribution in [3.05, 3.63) is 59.2 Å². The molecular weight excluding hydrogens is 389 g/mol. The first-order chi connectivity index (χ1) is 13.5. The number of alkyl halides is 3. The van der Waals surface area contributed by atoms with Crippen LogP contribution in [0.1, 0.15) is 27.4 Å². The van der Waals surface area contributed by atoms with Crippen molar-refractivity contribution in [3.8, 4) is 0 Å². The van der Waals surface area contributed by atoms with Crippen LogP contribution in [0.3, 0.4) is 0 Å². The molecule has 0 bridgehead atoms. The van der Waals surface area contributed by atoms with Crippen LogP contribution >= 0.6 is 0 Å². The molecule has 3 aromatic rings. The molecule has 10 heteroatoms. The fourth-order valence-corrected chi connectivity index (χ4v) is 2.12. The van der Waals surface area contributed by atoms with E-state index in [0.717, 1.165) is 28.1 Å². The Morgan fingerprint density at radius 1 is 0.966 bits per heavy atom. The Morgan fingerprint density at radius 3 is 2.07 bits per heavy atom. The maximum absolute atomic E-state index is 12.3. The van der Waals surface area contributed by atoms with Crippen LogP contribution in [-0.2, 0) is 4.79 Å². The summed E-state index contributed by atoms with van der Waals surface area (Å²) in [7, 11) is 0. The third-order valence-corrected chi connectivity index (χ3v) is 3.75. The molecule has 0 fully saturated rings. The van der Waals surface area contributed by atoms with Crippen molar-refractivity contribution < 1.29 is 27.9 Å². The predicted octanol–water partition coefficient (Wildman–Crippen LogP) is 3.84. The number of nitrogens with one attached hydrogen (secondary N) is 1. The largest absolute Gasteiger partial charge is 0.490 e. The molecular formula is C19H17F3N4O3. The lowest BCUT2D eigenvalue weighted by molar-refractivity contribution is -0.192. The minimum Gasteiger partial charge on any atom is -0.475 e. The number of aryl methyl sites for hydroxylation is 3. The Kier molecular flexibility index (Phi) is 6.47. The maximum Gasteiger partial charge on any atom is 0.490 e. The lowest BCUT2D eigenvalue weighted by atomic mass is 10.1. The second kappa shape index (κ2) is 8.63. The number of hydrogen-bond donors (Lipinski definition) is 2. The second-order valence-electron chi connectivity index (χ2n) is 6.04. The van der Waals surface area contributed by atoms with Gasteiger partial charge in [0.05, 0.1) is 34.3 Å². The van der Waals surface area contributed by atoms with Gasteiger partial charge in [0.25, 0.3) is 5.91 Å². The smallest absolute Gasteiger partial charge is 0.475 e. The molecule has 2 aromatic heterocycles. The summed E-state index contributed by atoms with van der Waals surface area (Å²) in [5.74, 6) is -2.94. The molecule has 7 nitrogen and oxygen atoms in total. The van der Waals surface area contributed by atoms with Crippen LogP contribution < -0.4 is 5.32 Å². The van der Waals surface area contributed by atoms with Crippen LogP contribution in [-0.4, -0.2) is 38.1 Å². The second-order valence-corrected chi connectivity index (χ2v) is 6.04. The monoisotopic (exact) mass is 406 g/mol. The summed E-state index contributed by atoms with van der Waals surface area (Å²) in [4.78, 5) is 34.3. The molecule has 3 rings (SSSR count). The Morgan fingerprint density at radius 2 is 1.55 bits per heavy atom.